The van der Waals surface area contributed by atoms with Crippen molar-refractivity contribution in [3.8, 4) is 0 Å². The lowest BCUT2D eigenvalue weighted by Gasteiger charge is -2.36. The molecular formula is C23H28N4O5S. The third-order valence-corrected chi connectivity index (χ3v) is 6.48. The van der Waals surface area contributed by atoms with E-state index in [4.69, 9.17) is 14.6 Å². The summed E-state index contributed by atoms with van der Waals surface area (Å²) in [5.74, 6) is 0. The molecule has 3 aromatic rings. The minimum absolute atomic E-state index is 0.0149. The standard InChI is InChI=1S/C23H28N4O5S/c1-27-17-9-5-6-10-19(17)33-23(27)26-25-16(13-24-11-12-28)20(30)21-18(29)14-31-22(32-21)15-7-3-2-4-8-15/h2-10,18,20-22,24,28-30H,11-14H2,1H3/t18-,20-,21-,22?/m1/s1. The molecule has 2 aromatic carbocycles. The van der Waals surface area contributed by atoms with Gasteiger partial charge >= 0.3 is 0 Å². The molecule has 4 rings (SSSR count). The number of aliphatic hydroxyl groups is 3. The summed E-state index contributed by atoms with van der Waals surface area (Å²) in [6, 6.07) is 17.3. The molecule has 0 aliphatic carbocycles. The predicted octanol–water partition coefficient (Wildman–Crippen LogP) is 0.914. The van der Waals surface area contributed by atoms with Crippen molar-refractivity contribution in [3.05, 3.63) is 65.0 Å². The van der Waals surface area contributed by atoms with E-state index < -0.39 is 24.6 Å². The number of para-hydroxylation sites is 1. The Bertz CT molecular complexity index is 1150. The summed E-state index contributed by atoms with van der Waals surface area (Å²) in [6.45, 7) is 0.453. The molecule has 33 heavy (non-hydrogen) atoms. The van der Waals surface area contributed by atoms with Crippen molar-refractivity contribution in [2.45, 2.75) is 24.6 Å². The number of hydrogen-bond acceptors (Lipinski definition) is 9. The van der Waals surface area contributed by atoms with Crippen molar-refractivity contribution in [1.82, 2.24) is 9.88 Å². The van der Waals surface area contributed by atoms with E-state index in [-0.39, 0.29) is 19.8 Å². The number of thiazole rings is 1. The van der Waals surface area contributed by atoms with E-state index in [1.54, 1.807) is 0 Å². The Hall–Kier alpha value is -2.44. The molecule has 1 unspecified atom stereocenters. The van der Waals surface area contributed by atoms with Gasteiger partial charge in [-0.25, -0.2) is 0 Å². The first-order chi connectivity index (χ1) is 16.1. The molecule has 10 heteroatoms. The fourth-order valence-corrected chi connectivity index (χ4v) is 4.56. The van der Waals surface area contributed by atoms with Crippen molar-refractivity contribution in [1.29, 1.82) is 0 Å². The van der Waals surface area contributed by atoms with Gasteiger partial charge in [-0.05, 0) is 12.1 Å². The van der Waals surface area contributed by atoms with Crippen LogP contribution in [0.3, 0.4) is 0 Å². The maximum absolute atomic E-state index is 11.1. The molecule has 4 atom stereocenters. The Morgan fingerprint density at radius 1 is 1.21 bits per heavy atom. The second-order valence-corrected chi connectivity index (χ2v) is 8.70. The number of aliphatic hydroxyl groups excluding tert-OH is 3. The van der Waals surface area contributed by atoms with Gasteiger partial charge in [-0.1, -0.05) is 53.8 Å². The topological polar surface area (TPSA) is 121 Å². The third-order valence-electron chi connectivity index (χ3n) is 5.38. The summed E-state index contributed by atoms with van der Waals surface area (Å²) in [7, 11) is 1.91. The van der Waals surface area contributed by atoms with Crippen molar-refractivity contribution in [2.75, 3.05) is 26.3 Å². The first-order valence-corrected chi connectivity index (χ1v) is 11.5. The van der Waals surface area contributed by atoms with Crippen LogP contribution < -0.4 is 10.1 Å². The fourth-order valence-electron chi connectivity index (χ4n) is 3.59. The lowest BCUT2D eigenvalue weighted by atomic mass is 10.0. The smallest absolute Gasteiger partial charge is 0.211 e. The number of benzene rings is 2. The number of aromatic nitrogens is 1. The first kappa shape index (κ1) is 23.7. The van der Waals surface area contributed by atoms with E-state index in [1.165, 1.54) is 11.3 Å². The largest absolute Gasteiger partial charge is 0.395 e. The maximum atomic E-state index is 11.1. The van der Waals surface area contributed by atoms with Crippen molar-refractivity contribution in [2.24, 2.45) is 17.3 Å². The van der Waals surface area contributed by atoms with Crippen LogP contribution in [0.4, 0.5) is 0 Å². The van der Waals surface area contributed by atoms with Crippen LogP contribution in [-0.2, 0) is 16.5 Å². The van der Waals surface area contributed by atoms with Gasteiger partial charge in [0.15, 0.2) is 6.29 Å². The summed E-state index contributed by atoms with van der Waals surface area (Å²) in [6.07, 6.45) is -3.93. The summed E-state index contributed by atoms with van der Waals surface area (Å²) in [5.41, 5.74) is 2.12. The predicted molar refractivity (Wildman–Crippen MR) is 126 cm³/mol. The van der Waals surface area contributed by atoms with E-state index in [2.05, 4.69) is 15.5 Å². The average Bonchev–Trinajstić information content (AvgIpc) is 3.17. The van der Waals surface area contributed by atoms with Crippen LogP contribution in [0, 0.1) is 0 Å². The highest BCUT2D eigenvalue weighted by atomic mass is 32.1. The summed E-state index contributed by atoms with van der Waals surface area (Å²) in [4.78, 5) is 0.665. The second kappa shape index (κ2) is 11.1. The minimum atomic E-state index is -1.23. The van der Waals surface area contributed by atoms with E-state index in [1.807, 2.05) is 66.2 Å². The van der Waals surface area contributed by atoms with Crippen molar-refractivity contribution < 1.29 is 24.8 Å². The lowest BCUT2D eigenvalue weighted by molar-refractivity contribution is -0.269. The van der Waals surface area contributed by atoms with Gasteiger partial charge in [0, 0.05) is 25.7 Å². The number of nitrogens with zero attached hydrogens (tertiary/aromatic N) is 3. The molecule has 0 spiro atoms. The number of aryl methyl sites for hydroxylation is 1. The van der Waals surface area contributed by atoms with Gasteiger partial charge < -0.3 is 34.7 Å². The molecule has 0 saturated carbocycles. The maximum Gasteiger partial charge on any atom is 0.211 e. The fraction of sp³-hybridized carbons (Fsp3) is 0.391. The molecule has 1 saturated heterocycles. The van der Waals surface area contributed by atoms with Gasteiger partial charge in [-0.3, -0.25) is 0 Å². The normalized spacial score (nSPS) is 23.2. The highest BCUT2D eigenvalue weighted by molar-refractivity contribution is 7.16. The molecule has 4 N–H and O–H groups in total. The Morgan fingerprint density at radius 3 is 2.73 bits per heavy atom. The molecule has 176 valence electrons. The minimum Gasteiger partial charge on any atom is -0.395 e. The Labute approximate surface area is 195 Å². The summed E-state index contributed by atoms with van der Waals surface area (Å²) < 4.78 is 14.6. The molecule has 0 bridgehead atoms. The molecule has 0 amide bonds. The number of hydrogen-bond donors (Lipinski definition) is 4. The molecule has 1 aliphatic rings. The molecule has 0 radical (unpaired) electrons. The summed E-state index contributed by atoms with van der Waals surface area (Å²) >= 11 is 1.49. The molecule has 2 heterocycles. The average molecular weight is 473 g/mol. The Balaban J connectivity index is 1.61. The Kier molecular flexibility index (Phi) is 7.99. The van der Waals surface area contributed by atoms with Crippen LogP contribution in [0.15, 0.2) is 64.8 Å². The zero-order chi connectivity index (χ0) is 23.2. The van der Waals surface area contributed by atoms with Gasteiger partial charge in [0.2, 0.25) is 4.80 Å². The van der Waals surface area contributed by atoms with Gasteiger partial charge in [-0.2, -0.15) is 5.10 Å². The highest BCUT2D eigenvalue weighted by Crippen LogP contribution is 2.28. The van der Waals surface area contributed by atoms with Crippen molar-refractivity contribution in [3.63, 3.8) is 0 Å². The van der Waals surface area contributed by atoms with Crippen LogP contribution in [-0.4, -0.2) is 70.2 Å². The van der Waals surface area contributed by atoms with Crippen LogP contribution in [0.25, 0.3) is 10.2 Å². The highest BCUT2D eigenvalue weighted by Gasteiger charge is 2.38. The van der Waals surface area contributed by atoms with Crippen LogP contribution in [0.2, 0.25) is 0 Å². The molecule has 1 fully saturated rings. The van der Waals surface area contributed by atoms with Gasteiger partial charge in [0.05, 0.1) is 29.1 Å². The second-order valence-electron chi connectivity index (χ2n) is 7.69. The number of ether oxygens (including phenoxy) is 2. The SMILES string of the molecule is Cn1c(=NN=C(CNCCO)[C@@H](O)[C@@H]2OC(c3ccccc3)OC[C@H]2O)sc2ccccc21. The molecule has 1 aromatic heterocycles. The quantitative estimate of drug-likeness (QED) is 0.220. The Morgan fingerprint density at radius 2 is 1.97 bits per heavy atom. The monoisotopic (exact) mass is 472 g/mol. The van der Waals surface area contributed by atoms with Crippen LogP contribution in [0.1, 0.15) is 11.9 Å². The van der Waals surface area contributed by atoms with Gasteiger partial charge in [0.25, 0.3) is 0 Å². The third kappa shape index (κ3) is 5.56. The number of rotatable bonds is 8. The van der Waals surface area contributed by atoms with E-state index >= 15 is 0 Å². The van der Waals surface area contributed by atoms with E-state index in [0.29, 0.717) is 17.1 Å². The van der Waals surface area contributed by atoms with Crippen molar-refractivity contribution >= 4 is 27.3 Å². The molecular weight excluding hydrogens is 444 g/mol. The van der Waals surface area contributed by atoms with E-state index in [9.17, 15) is 10.2 Å². The van der Waals surface area contributed by atoms with Crippen LogP contribution >= 0.6 is 11.3 Å². The first-order valence-electron chi connectivity index (χ1n) is 10.7. The summed E-state index contributed by atoms with van der Waals surface area (Å²) in [5, 5.41) is 42.5. The molecule has 9 nitrogen and oxygen atoms in total. The number of nitrogens with one attached hydrogen (secondary N) is 1. The zero-order valence-corrected chi connectivity index (χ0v) is 19.1. The van der Waals surface area contributed by atoms with Gasteiger partial charge in [-0.15, -0.1) is 5.10 Å². The van der Waals surface area contributed by atoms with E-state index in [0.717, 1.165) is 15.8 Å². The van der Waals surface area contributed by atoms with Crippen LogP contribution in [0.5, 0.6) is 0 Å². The molecule has 1 aliphatic heterocycles. The number of fused-ring (bicyclic) bond motifs is 1. The van der Waals surface area contributed by atoms with Gasteiger partial charge in [0.1, 0.15) is 18.3 Å². The zero-order valence-electron chi connectivity index (χ0n) is 18.2. The lowest BCUT2D eigenvalue weighted by Crippen LogP contribution is -2.52.